The molecule has 1 aromatic carbocycles. The van der Waals surface area contributed by atoms with E-state index in [-0.39, 0.29) is 31.4 Å². The molecule has 0 saturated carbocycles. The lowest BCUT2D eigenvalue weighted by molar-refractivity contribution is -0.122. The van der Waals surface area contributed by atoms with Crippen molar-refractivity contribution in [3.8, 4) is 11.5 Å². The third kappa shape index (κ3) is 17.9. The molecule has 0 unspecified atom stereocenters. The average Bonchev–Trinajstić information content (AvgIpc) is 2.86. The molecular formula is C29H51N3O4. The summed E-state index contributed by atoms with van der Waals surface area (Å²) < 4.78 is 5.47. The maximum absolute atomic E-state index is 12.0. The summed E-state index contributed by atoms with van der Waals surface area (Å²) in [6.45, 7) is 3.15. The summed E-state index contributed by atoms with van der Waals surface area (Å²) in [6.07, 6.45) is 21.0. The van der Waals surface area contributed by atoms with Crippen LogP contribution in [0.25, 0.3) is 0 Å². The Morgan fingerprint density at radius 2 is 1.28 bits per heavy atom. The average molecular weight is 506 g/mol. The SMILES string of the molecule is CCCCCCCCCCCCCCCCCCN(CNC(=O)CCOc1ccc(O)cc1)C(N)=O. The van der Waals surface area contributed by atoms with Crippen LogP contribution in [0, 0.1) is 0 Å². The summed E-state index contributed by atoms with van der Waals surface area (Å²) in [5.74, 6) is 0.547. The second-order valence-electron chi connectivity index (χ2n) is 9.76. The van der Waals surface area contributed by atoms with Crippen LogP contribution in [0.3, 0.4) is 0 Å². The Kier molecular flexibility index (Phi) is 19.1. The minimum atomic E-state index is -0.517. The third-order valence-corrected chi connectivity index (χ3v) is 6.49. The molecule has 0 aliphatic rings. The number of carbonyl (C=O) groups excluding carboxylic acids is 2. The molecule has 206 valence electrons. The van der Waals surface area contributed by atoms with Gasteiger partial charge in [-0.15, -0.1) is 0 Å². The van der Waals surface area contributed by atoms with E-state index in [1.807, 2.05) is 0 Å². The molecule has 0 aliphatic carbocycles. The number of nitrogens with two attached hydrogens (primary N) is 1. The highest BCUT2D eigenvalue weighted by atomic mass is 16.5. The fraction of sp³-hybridized carbons (Fsp3) is 0.724. The Morgan fingerprint density at radius 3 is 1.75 bits per heavy atom. The maximum atomic E-state index is 12.0. The summed E-state index contributed by atoms with van der Waals surface area (Å²) >= 11 is 0. The number of ether oxygens (including phenoxy) is 1. The van der Waals surface area contributed by atoms with Gasteiger partial charge in [0.05, 0.1) is 19.7 Å². The van der Waals surface area contributed by atoms with Gasteiger partial charge in [0, 0.05) is 6.54 Å². The van der Waals surface area contributed by atoms with Crippen LogP contribution in [0.5, 0.6) is 11.5 Å². The summed E-state index contributed by atoms with van der Waals surface area (Å²) in [4.78, 5) is 25.2. The Labute approximate surface area is 219 Å². The summed E-state index contributed by atoms with van der Waals surface area (Å²) in [7, 11) is 0. The summed E-state index contributed by atoms with van der Waals surface area (Å²) in [5.41, 5.74) is 5.47. The number of primary amides is 1. The lowest BCUT2D eigenvalue weighted by Crippen LogP contribution is -2.44. The lowest BCUT2D eigenvalue weighted by atomic mass is 10.0. The number of nitrogens with one attached hydrogen (secondary N) is 1. The molecule has 4 N–H and O–H groups in total. The van der Waals surface area contributed by atoms with E-state index >= 15 is 0 Å². The Balaban J connectivity index is 1.95. The zero-order valence-corrected chi connectivity index (χ0v) is 22.6. The molecule has 0 atom stereocenters. The van der Waals surface area contributed by atoms with Gasteiger partial charge < -0.3 is 25.8 Å². The highest BCUT2D eigenvalue weighted by Crippen LogP contribution is 2.16. The van der Waals surface area contributed by atoms with Crippen molar-refractivity contribution in [2.24, 2.45) is 5.73 Å². The smallest absolute Gasteiger partial charge is 0.316 e. The zero-order chi connectivity index (χ0) is 26.3. The third-order valence-electron chi connectivity index (χ3n) is 6.49. The Hall–Kier alpha value is -2.44. The molecule has 1 aromatic rings. The van der Waals surface area contributed by atoms with Gasteiger partial charge in [0.1, 0.15) is 11.5 Å². The van der Waals surface area contributed by atoms with Gasteiger partial charge in [-0.1, -0.05) is 103 Å². The van der Waals surface area contributed by atoms with Crippen LogP contribution < -0.4 is 15.8 Å². The normalized spacial score (nSPS) is 10.8. The first-order chi connectivity index (χ1) is 17.5. The number of phenols is 1. The first kappa shape index (κ1) is 31.6. The highest BCUT2D eigenvalue weighted by Gasteiger charge is 2.11. The number of amides is 3. The minimum Gasteiger partial charge on any atom is -0.508 e. The van der Waals surface area contributed by atoms with Gasteiger partial charge in [0.15, 0.2) is 0 Å². The molecule has 1 rings (SSSR count). The molecule has 0 fully saturated rings. The molecule has 3 amide bonds. The molecule has 0 heterocycles. The van der Waals surface area contributed by atoms with E-state index in [1.54, 1.807) is 12.1 Å². The van der Waals surface area contributed by atoms with Crippen molar-refractivity contribution in [2.45, 2.75) is 116 Å². The quantitative estimate of drug-likeness (QED) is 0.111. The molecule has 0 saturated heterocycles. The minimum absolute atomic E-state index is 0.117. The largest absolute Gasteiger partial charge is 0.508 e. The van der Waals surface area contributed by atoms with Crippen molar-refractivity contribution < 1.29 is 19.4 Å². The highest BCUT2D eigenvalue weighted by molar-refractivity contribution is 5.77. The van der Waals surface area contributed by atoms with Gasteiger partial charge in [0.25, 0.3) is 0 Å². The standard InChI is InChI=1S/C29H51N3O4/c1-2-3-4-5-6-7-8-9-10-11-12-13-14-15-16-17-23-32(29(30)35)25-31-28(34)22-24-36-27-20-18-26(33)19-21-27/h18-21,33H,2-17,22-25H2,1H3,(H2,30,35)(H,31,34). The van der Waals surface area contributed by atoms with Crippen molar-refractivity contribution in [2.75, 3.05) is 19.8 Å². The summed E-state index contributed by atoms with van der Waals surface area (Å²) in [6, 6.07) is 5.81. The van der Waals surface area contributed by atoms with E-state index in [0.717, 1.165) is 12.8 Å². The molecule has 7 nitrogen and oxygen atoms in total. The number of unbranched alkanes of at least 4 members (excludes halogenated alkanes) is 15. The van der Waals surface area contributed by atoms with Crippen LogP contribution in [0.15, 0.2) is 24.3 Å². The van der Waals surface area contributed by atoms with Gasteiger partial charge in [-0.3, -0.25) is 4.79 Å². The number of nitrogens with zero attached hydrogens (tertiary/aromatic N) is 1. The molecule has 0 spiro atoms. The molecule has 0 aromatic heterocycles. The van der Waals surface area contributed by atoms with Crippen LogP contribution in [-0.2, 0) is 4.79 Å². The maximum Gasteiger partial charge on any atom is 0.316 e. The Bertz CT molecular complexity index is 682. The van der Waals surface area contributed by atoms with Crippen molar-refractivity contribution in [3.05, 3.63) is 24.3 Å². The molecule has 36 heavy (non-hydrogen) atoms. The monoisotopic (exact) mass is 505 g/mol. The first-order valence-electron chi connectivity index (χ1n) is 14.3. The molecule has 7 heteroatoms. The van der Waals surface area contributed by atoms with Crippen molar-refractivity contribution in [3.63, 3.8) is 0 Å². The first-order valence-corrected chi connectivity index (χ1v) is 14.3. The van der Waals surface area contributed by atoms with E-state index in [4.69, 9.17) is 10.5 Å². The predicted octanol–water partition coefficient (Wildman–Crippen LogP) is 6.88. The Morgan fingerprint density at radius 1 is 0.806 bits per heavy atom. The molecular weight excluding hydrogens is 454 g/mol. The second kappa shape index (κ2) is 21.8. The fourth-order valence-corrected chi connectivity index (χ4v) is 4.19. The van der Waals surface area contributed by atoms with Crippen molar-refractivity contribution >= 4 is 11.9 Å². The number of benzene rings is 1. The molecule has 0 bridgehead atoms. The van der Waals surface area contributed by atoms with Crippen LogP contribution in [0.4, 0.5) is 4.79 Å². The number of aromatic hydroxyl groups is 1. The second-order valence-corrected chi connectivity index (χ2v) is 9.76. The van der Waals surface area contributed by atoms with Crippen molar-refractivity contribution in [1.82, 2.24) is 10.2 Å². The number of phenolic OH excluding ortho intramolecular Hbond substituents is 1. The van der Waals surface area contributed by atoms with Crippen molar-refractivity contribution in [1.29, 1.82) is 0 Å². The van der Waals surface area contributed by atoms with Crippen LogP contribution in [0.1, 0.15) is 116 Å². The van der Waals surface area contributed by atoms with Gasteiger partial charge >= 0.3 is 6.03 Å². The number of urea groups is 1. The number of rotatable bonds is 23. The zero-order valence-electron chi connectivity index (χ0n) is 22.6. The van der Waals surface area contributed by atoms with E-state index in [9.17, 15) is 14.7 Å². The predicted molar refractivity (Wildman–Crippen MR) is 147 cm³/mol. The lowest BCUT2D eigenvalue weighted by Gasteiger charge is -2.20. The number of hydrogen-bond acceptors (Lipinski definition) is 4. The van der Waals surface area contributed by atoms with Crippen LogP contribution in [0.2, 0.25) is 0 Å². The van der Waals surface area contributed by atoms with Gasteiger partial charge in [-0.05, 0) is 30.7 Å². The number of carbonyl (C=O) groups is 2. The van der Waals surface area contributed by atoms with Crippen LogP contribution in [-0.4, -0.2) is 41.8 Å². The topological polar surface area (TPSA) is 105 Å². The van der Waals surface area contributed by atoms with Gasteiger partial charge in [-0.25, -0.2) is 4.79 Å². The van der Waals surface area contributed by atoms with Crippen LogP contribution >= 0.6 is 0 Å². The molecule has 0 radical (unpaired) electrons. The van der Waals surface area contributed by atoms with Gasteiger partial charge in [0.2, 0.25) is 5.91 Å². The summed E-state index contributed by atoms with van der Waals surface area (Å²) in [5, 5.41) is 12.0. The molecule has 0 aliphatic heterocycles. The number of hydrogen-bond donors (Lipinski definition) is 3. The fourth-order valence-electron chi connectivity index (χ4n) is 4.19. The van der Waals surface area contributed by atoms with E-state index < -0.39 is 6.03 Å². The van der Waals surface area contributed by atoms with E-state index in [2.05, 4.69) is 12.2 Å². The van der Waals surface area contributed by atoms with E-state index in [0.29, 0.717) is 12.3 Å². The van der Waals surface area contributed by atoms with E-state index in [1.165, 1.54) is 107 Å². The van der Waals surface area contributed by atoms with Gasteiger partial charge in [-0.2, -0.15) is 0 Å².